The maximum atomic E-state index is 12.8. The Labute approximate surface area is 245 Å². The molecule has 0 aliphatic heterocycles. The summed E-state index contributed by atoms with van der Waals surface area (Å²) in [4.78, 5) is 17.2. The van der Waals surface area contributed by atoms with Crippen LogP contribution in [0.1, 0.15) is 21.5 Å². The average Bonchev–Trinajstić information content (AvgIpc) is 3.45. The van der Waals surface area contributed by atoms with Crippen LogP contribution in [-0.4, -0.2) is 41.5 Å². The molecule has 0 aliphatic carbocycles. The highest BCUT2D eigenvalue weighted by Crippen LogP contribution is 2.30. The van der Waals surface area contributed by atoms with Crippen molar-refractivity contribution in [2.24, 2.45) is 0 Å². The van der Waals surface area contributed by atoms with Gasteiger partial charge in [0.05, 0.1) is 32.1 Å². The van der Waals surface area contributed by atoms with Gasteiger partial charge in [-0.1, -0.05) is 24.3 Å². The first-order valence-corrected chi connectivity index (χ1v) is 13.2. The first-order valence-electron chi connectivity index (χ1n) is 13.2. The smallest absolute Gasteiger partial charge is 0.416 e. The van der Waals surface area contributed by atoms with E-state index in [9.17, 15) is 18.0 Å². The Morgan fingerprint density at radius 2 is 1.56 bits per heavy atom. The number of methoxy groups -OCH3 is 2. The molecule has 0 saturated heterocycles. The lowest BCUT2D eigenvalue weighted by Gasteiger charge is -2.10. The highest BCUT2D eigenvalue weighted by atomic mass is 19.4. The second kappa shape index (κ2) is 12.7. The Morgan fingerprint density at radius 3 is 2.21 bits per heavy atom. The van der Waals surface area contributed by atoms with Crippen molar-refractivity contribution in [3.05, 3.63) is 114 Å². The van der Waals surface area contributed by atoms with Crippen molar-refractivity contribution in [2.45, 2.75) is 12.6 Å². The van der Waals surface area contributed by atoms with E-state index in [-0.39, 0.29) is 11.6 Å². The summed E-state index contributed by atoms with van der Waals surface area (Å²) < 4.78 is 56.7. The van der Waals surface area contributed by atoms with Crippen LogP contribution in [0, 0.1) is 0 Å². The number of halogens is 3. The quantitative estimate of drug-likeness (QED) is 0.192. The maximum Gasteiger partial charge on any atom is 0.416 e. The molecule has 0 fully saturated rings. The third kappa shape index (κ3) is 7.13. The molecule has 0 saturated carbocycles. The Morgan fingerprint density at radius 1 is 0.860 bits per heavy atom. The van der Waals surface area contributed by atoms with Crippen LogP contribution in [0.2, 0.25) is 0 Å². The van der Waals surface area contributed by atoms with E-state index in [1.165, 1.54) is 0 Å². The molecule has 220 valence electrons. The summed E-state index contributed by atoms with van der Waals surface area (Å²) in [5.41, 5.74) is 2.19. The number of hydrogen-bond acceptors (Lipinski definition) is 6. The largest absolute Gasteiger partial charge is 0.497 e. The lowest BCUT2D eigenvalue weighted by molar-refractivity contribution is -0.137. The zero-order valence-electron chi connectivity index (χ0n) is 23.3. The van der Waals surface area contributed by atoms with Crippen molar-refractivity contribution in [3.8, 4) is 34.6 Å². The number of aromatic nitrogens is 3. The van der Waals surface area contributed by atoms with Crippen molar-refractivity contribution in [1.82, 2.24) is 14.8 Å². The van der Waals surface area contributed by atoms with Gasteiger partial charge in [0, 0.05) is 23.2 Å². The van der Waals surface area contributed by atoms with E-state index in [2.05, 4.69) is 15.4 Å². The summed E-state index contributed by atoms with van der Waals surface area (Å²) in [5, 5.41) is 7.28. The molecule has 0 unspecified atom stereocenters. The van der Waals surface area contributed by atoms with Gasteiger partial charge in [-0.05, 0) is 78.4 Å². The molecule has 4 aromatic carbocycles. The van der Waals surface area contributed by atoms with Gasteiger partial charge < -0.3 is 19.5 Å². The van der Waals surface area contributed by atoms with Gasteiger partial charge in [0.25, 0.3) is 5.91 Å². The van der Waals surface area contributed by atoms with Crippen LogP contribution in [0.4, 0.5) is 18.9 Å². The van der Waals surface area contributed by atoms with Crippen LogP contribution in [0.3, 0.4) is 0 Å². The maximum absolute atomic E-state index is 12.8. The molecule has 0 aliphatic rings. The highest BCUT2D eigenvalue weighted by Gasteiger charge is 2.30. The minimum Gasteiger partial charge on any atom is -0.497 e. The summed E-state index contributed by atoms with van der Waals surface area (Å²) in [7, 11) is 3.20. The van der Waals surface area contributed by atoms with E-state index in [0.29, 0.717) is 36.0 Å². The lowest BCUT2D eigenvalue weighted by atomic mass is 10.1. The Balaban J connectivity index is 1.34. The van der Waals surface area contributed by atoms with Crippen LogP contribution >= 0.6 is 0 Å². The molecule has 0 bridgehead atoms. The number of hydrogen-bond donors (Lipinski definition) is 1. The van der Waals surface area contributed by atoms with Gasteiger partial charge in [-0.25, -0.2) is 4.68 Å². The minimum atomic E-state index is -4.47. The number of rotatable bonds is 10. The number of nitrogens with one attached hydrogen (secondary N) is 1. The third-order valence-corrected chi connectivity index (χ3v) is 6.54. The van der Waals surface area contributed by atoms with Crippen molar-refractivity contribution in [3.63, 3.8) is 0 Å². The number of alkyl halides is 3. The first kappa shape index (κ1) is 29.2. The molecule has 1 heterocycles. The van der Waals surface area contributed by atoms with E-state index >= 15 is 0 Å². The van der Waals surface area contributed by atoms with Gasteiger partial charge >= 0.3 is 12.2 Å². The molecule has 0 atom stereocenters. The molecule has 1 amide bonds. The zero-order chi connectivity index (χ0) is 30.4. The summed E-state index contributed by atoms with van der Waals surface area (Å²) in [6.07, 6.45) is -3.84. The second-order valence-corrected chi connectivity index (χ2v) is 9.38. The molecule has 1 N–H and O–H groups in total. The monoisotopic (exact) mass is 588 g/mol. The standard InChI is InChI=1S/C32H27F3N4O4/c1-41-27-16-6-21(7-17-27)18-19-43-31-37-29(23-4-3-5-28(20-23)42-2)39(38-31)26-14-12-25(13-15-26)36-30(40)22-8-10-24(11-9-22)32(33,34)35/h3-17,20H,18-19H2,1-2H3,(H,36,40). The van der Waals surface area contributed by atoms with E-state index in [4.69, 9.17) is 14.2 Å². The summed E-state index contributed by atoms with van der Waals surface area (Å²) >= 11 is 0. The van der Waals surface area contributed by atoms with Crippen LogP contribution in [0.5, 0.6) is 17.5 Å². The van der Waals surface area contributed by atoms with Gasteiger partial charge in [0.2, 0.25) is 0 Å². The molecular weight excluding hydrogens is 561 g/mol. The normalized spacial score (nSPS) is 11.2. The lowest BCUT2D eigenvalue weighted by Crippen LogP contribution is -2.13. The molecule has 1 aromatic heterocycles. The number of carbonyl (C=O) groups is 1. The summed E-state index contributed by atoms with van der Waals surface area (Å²) in [6, 6.07) is 26.1. The van der Waals surface area contributed by atoms with E-state index in [1.54, 1.807) is 43.2 Å². The second-order valence-electron chi connectivity index (χ2n) is 9.38. The number of carbonyl (C=O) groups excluding carboxylic acids is 1. The van der Waals surface area contributed by atoms with Crippen molar-refractivity contribution >= 4 is 11.6 Å². The van der Waals surface area contributed by atoms with Gasteiger partial charge in [-0.15, -0.1) is 5.10 Å². The van der Waals surface area contributed by atoms with Gasteiger partial charge in [-0.3, -0.25) is 4.79 Å². The average molecular weight is 589 g/mol. The van der Waals surface area contributed by atoms with E-state index in [0.717, 1.165) is 41.1 Å². The van der Waals surface area contributed by atoms with Crippen LogP contribution < -0.4 is 19.5 Å². The molecule has 43 heavy (non-hydrogen) atoms. The van der Waals surface area contributed by atoms with Crippen molar-refractivity contribution < 1.29 is 32.2 Å². The molecule has 11 heteroatoms. The zero-order valence-corrected chi connectivity index (χ0v) is 23.3. The highest BCUT2D eigenvalue weighted by molar-refractivity contribution is 6.04. The molecular formula is C32H27F3N4O4. The number of ether oxygens (including phenoxy) is 3. The SMILES string of the molecule is COc1ccc(CCOc2nc(-c3cccc(OC)c3)n(-c3ccc(NC(=O)c4ccc(C(F)(F)F)cc4)cc3)n2)cc1. The van der Waals surface area contributed by atoms with Gasteiger partial charge in [-0.2, -0.15) is 18.2 Å². The molecule has 5 aromatic rings. The Hall–Kier alpha value is -5.32. The minimum absolute atomic E-state index is 0.102. The van der Waals surface area contributed by atoms with E-state index in [1.807, 2.05) is 48.5 Å². The summed E-state index contributed by atoms with van der Waals surface area (Å²) in [6.45, 7) is 0.350. The fraction of sp³-hybridized carbons (Fsp3) is 0.156. The number of nitrogens with zero attached hydrogens (tertiary/aromatic N) is 3. The van der Waals surface area contributed by atoms with Crippen molar-refractivity contribution in [2.75, 3.05) is 26.1 Å². The van der Waals surface area contributed by atoms with Crippen molar-refractivity contribution in [1.29, 1.82) is 0 Å². The predicted molar refractivity (Wildman–Crippen MR) is 155 cm³/mol. The molecule has 8 nitrogen and oxygen atoms in total. The predicted octanol–water partition coefficient (Wildman–Crippen LogP) is 6.84. The number of amides is 1. The molecule has 0 radical (unpaired) electrons. The topological polar surface area (TPSA) is 87.5 Å². The van der Waals surface area contributed by atoms with Gasteiger partial charge in [0.1, 0.15) is 11.5 Å². The van der Waals surface area contributed by atoms with Crippen LogP contribution in [0.25, 0.3) is 17.1 Å². The van der Waals surface area contributed by atoms with Crippen LogP contribution in [-0.2, 0) is 12.6 Å². The summed E-state index contributed by atoms with van der Waals surface area (Å²) in [5.74, 6) is 1.40. The fourth-order valence-electron chi connectivity index (χ4n) is 4.24. The molecule has 5 rings (SSSR count). The Kier molecular flexibility index (Phi) is 8.61. The van der Waals surface area contributed by atoms with E-state index < -0.39 is 17.6 Å². The van der Waals surface area contributed by atoms with Gasteiger partial charge in [0.15, 0.2) is 5.82 Å². The van der Waals surface area contributed by atoms with Crippen LogP contribution in [0.15, 0.2) is 97.1 Å². The number of benzene rings is 4. The number of anilines is 1. The third-order valence-electron chi connectivity index (χ3n) is 6.54. The first-order chi connectivity index (χ1) is 20.7. The fourth-order valence-corrected chi connectivity index (χ4v) is 4.24. The molecule has 0 spiro atoms. The Bertz CT molecular complexity index is 1680.